The van der Waals surface area contributed by atoms with Crippen LogP contribution in [0.1, 0.15) is 11.3 Å². The number of hydrogen-bond acceptors (Lipinski definition) is 5. The molecule has 0 amide bonds. The molecule has 0 spiro atoms. The highest BCUT2D eigenvalue weighted by molar-refractivity contribution is 7.89. The fourth-order valence-electron chi connectivity index (χ4n) is 2.53. The molecule has 0 saturated carbocycles. The lowest BCUT2D eigenvalue weighted by molar-refractivity contribution is 0.358. The van der Waals surface area contributed by atoms with Crippen molar-refractivity contribution in [2.75, 3.05) is 12.8 Å². The Kier molecular flexibility index (Phi) is 5.29. The summed E-state index contributed by atoms with van der Waals surface area (Å²) in [7, 11) is -2.13. The van der Waals surface area contributed by atoms with Crippen LogP contribution in [0.25, 0.3) is 0 Å². The van der Waals surface area contributed by atoms with E-state index in [0.29, 0.717) is 17.2 Å². The van der Waals surface area contributed by atoms with Crippen LogP contribution >= 0.6 is 0 Å². The number of hydrogen-bond donors (Lipinski definition) is 1. The van der Waals surface area contributed by atoms with Crippen LogP contribution < -0.4 is 10.5 Å². The van der Waals surface area contributed by atoms with Gasteiger partial charge in [-0.05, 0) is 54.1 Å². The molecule has 7 heteroatoms. The van der Waals surface area contributed by atoms with Crippen molar-refractivity contribution < 1.29 is 17.6 Å². The maximum absolute atomic E-state index is 13.1. The quantitative estimate of drug-likeness (QED) is 0.644. The first-order valence-corrected chi connectivity index (χ1v) is 9.44. The third kappa shape index (κ3) is 4.07. The second-order valence-electron chi connectivity index (χ2n) is 5.77. The molecule has 3 aromatic rings. The monoisotopic (exact) mass is 372 g/mol. The van der Waals surface area contributed by atoms with Gasteiger partial charge in [-0.25, -0.2) is 8.42 Å². The van der Waals surface area contributed by atoms with Crippen molar-refractivity contribution in [1.82, 2.24) is 4.31 Å². The average Bonchev–Trinajstić information content (AvgIpc) is 3.15. The van der Waals surface area contributed by atoms with Crippen molar-refractivity contribution in [1.29, 1.82) is 0 Å². The van der Waals surface area contributed by atoms with E-state index in [9.17, 15) is 8.42 Å². The summed E-state index contributed by atoms with van der Waals surface area (Å²) in [6, 6.07) is 16.9. The van der Waals surface area contributed by atoms with Crippen LogP contribution in [0.5, 0.6) is 5.75 Å². The zero-order valence-corrected chi connectivity index (χ0v) is 15.1. The fraction of sp³-hybridized carbons (Fsp3) is 0.158. The predicted octanol–water partition coefficient (Wildman–Crippen LogP) is 3.26. The number of methoxy groups -OCH3 is 1. The van der Waals surface area contributed by atoms with Gasteiger partial charge in [0.25, 0.3) is 0 Å². The first-order chi connectivity index (χ1) is 12.5. The van der Waals surface area contributed by atoms with Crippen molar-refractivity contribution in [3.8, 4) is 5.75 Å². The summed E-state index contributed by atoms with van der Waals surface area (Å²) >= 11 is 0. The summed E-state index contributed by atoms with van der Waals surface area (Å²) in [5.74, 6) is 1.28. The van der Waals surface area contributed by atoms with Crippen molar-refractivity contribution in [2.45, 2.75) is 18.0 Å². The van der Waals surface area contributed by atoms with Gasteiger partial charge in [-0.15, -0.1) is 0 Å². The van der Waals surface area contributed by atoms with Gasteiger partial charge in [-0.2, -0.15) is 4.31 Å². The molecule has 136 valence electrons. The van der Waals surface area contributed by atoms with Crippen molar-refractivity contribution in [3.63, 3.8) is 0 Å². The van der Waals surface area contributed by atoms with Crippen LogP contribution in [0.4, 0.5) is 5.69 Å². The van der Waals surface area contributed by atoms with Gasteiger partial charge in [0.2, 0.25) is 10.0 Å². The molecule has 6 nitrogen and oxygen atoms in total. The standard InChI is InChI=1S/C19H20N2O4S/c1-24-17-8-4-15(5-9-17)13-21(14-18-3-2-12-25-18)26(22,23)19-10-6-16(20)7-11-19/h2-12H,13-14,20H2,1H3. The van der Waals surface area contributed by atoms with E-state index in [4.69, 9.17) is 14.9 Å². The van der Waals surface area contributed by atoms with Crippen molar-refractivity contribution in [3.05, 3.63) is 78.3 Å². The highest BCUT2D eigenvalue weighted by atomic mass is 32.2. The molecule has 0 aliphatic rings. The maximum Gasteiger partial charge on any atom is 0.243 e. The summed E-state index contributed by atoms with van der Waals surface area (Å²) < 4.78 is 38.1. The molecule has 0 aliphatic carbocycles. The Balaban J connectivity index is 1.92. The van der Waals surface area contributed by atoms with Crippen LogP contribution in [-0.4, -0.2) is 19.8 Å². The minimum Gasteiger partial charge on any atom is -0.497 e. The molecule has 0 bridgehead atoms. The van der Waals surface area contributed by atoms with Gasteiger partial charge in [0.1, 0.15) is 11.5 Å². The smallest absolute Gasteiger partial charge is 0.243 e. The molecule has 0 saturated heterocycles. The highest BCUT2D eigenvalue weighted by Gasteiger charge is 2.25. The number of benzene rings is 2. The second kappa shape index (κ2) is 7.63. The Morgan fingerprint density at radius 2 is 1.69 bits per heavy atom. The molecular weight excluding hydrogens is 352 g/mol. The molecule has 0 unspecified atom stereocenters. The first kappa shape index (κ1) is 18.0. The molecule has 1 aromatic heterocycles. The lowest BCUT2D eigenvalue weighted by atomic mass is 10.2. The van der Waals surface area contributed by atoms with E-state index in [1.807, 2.05) is 12.1 Å². The van der Waals surface area contributed by atoms with E-state index in [2.05, 4.69) is 0 Å². The second-order valence-corrected chi connectivity index (χ2v) is 7.71. The molecule has 2 aromatic carbocycles. The molecule has 1 heterocycles. The van der Waals surface area contributed by atoms with Crippen LogP contribution in [0.3, 0.4) is 0 Å². The van der Waals surface area contributed by atoms with E-state index in [0.717, 1.165) is 5.56 Å². The third-order valence-electron chi connectivity index (χ3n) is 3.95. The van der Waals surface area contributed by atoms with Crippen molar-refractivity contribution >= 4 is 15.7 Å². The number of furan rings is 1. The normalized spacial score (nSPS) is 11.6. The fourth-order valence-corrected chi connectivity index (χ4v) is 3.92. The van der Waals surface area contributed by atoms with E-state index in [-0.39, 0.29) is 18.0 Å². The molecule has 0 atom stereocenters. The summed E-state index contributed by atoms with van der Waals surface area (Å²) in [5, 5.41) is 0. The van der Waals surface area contributed by atoms with E-state index in [1.54, 1.807) is 43.5 Å². The Hall–Kier alpha value is -2.77. The van der Waals surface area contributed by atoms with Gasteiger partial charge in [0, 0.05) is 12.2 Å². The van der Waals surface area contributed by atoms with Gasteiger partial charge >= 0.3 is 0 Å². The van der Waals surface area contributed by atoms with E-state index in [1.165, 1.54) is 22.7 Å². The highest BCUT2D eigenvalue weighted by Crippen LogP contribution is 2.23. The van der Waals surface area contributed by atoms with Gasteiger partial charge in [-0.3, -0.25) is 0 Å². The van der Waals surface area contributed by atoms with Crippen LogP contribution in [0.2, 0.25) is 0 Å². The van der Waals surface area contributed by atoms with Gasteiger partial charge < -0.3 is 14.9 Å². The summed E-state index contributed by atoms with van der Waals surface area (Å²) in [6.45, 7) is 0.336. The summed E-state index contributed by atoms with van der Waals surface area (Å²) in [6.07, 6.45) is 1.52. The van der Waals surface area contributed by atoms with Crippen LogP contribution in [0, 0.1) is 0 Å². The van der Waals surface area contributed by atoms with Gasteiger partial charge in [0.05, 0.1) is 24.8 Å². The summed E-state index contributed by atoms with van der Waals surface area (Å²) in [5.41, 5.74) is 7.03. The lowest BCUT2D eigenvalue weighted by Gasteiger charge is -2.21. The Morgan fingerprint density at radius 1 is 1.00 bits per heavy atom. The number of nitrogen functional groups attached to an aromatic ring is 1. The van der Waals surface area contributed by atoms with E-state index >= 15 is 0 Å². The van der Waals surface area contributed by atoms with Crippen molar-refractivity contribution in [2.24, 2.45) is 0 Å². The maximum atomic E-state index is 13.1. The predicted molar refractivity (Wildman–Crippen MR) is 99.0 cm³/mol. The Labute approximate surface area is 152 Å². The minimum absolute atomic E-state index is 0.131. The lowest BCUT2D eigenvalue weighted by Crippen LogP contribution is -2.30. The molecule has 0 fully saturated rings. The zero-order chi connectivity index (χ0) is 18.6. The average molecular weight is 372 g/mol. The molecule has 0 radical (unpaired) electrons. The first-order valence-electron chi connectivity index (χ1n) is 8.00. The van der Waals surface area contributed by atoms with Crippen LogP contribution in [-0.2, 0) is 23.1 Å². The molecule has 26 heavy (non-hydrogen) atoms. The molecule has 2 N–H and O–H groups in total. The topological polar surface area (TPSA) is 85.8 Å². The van der Waals surface area contributed by atoms with Gasteiger partial charge in [0.15, 0.2) is 0 Å². The number of rotatable bonds is 7. The molecule has 3 rings (SSSR count). The minimum atomic E-state index is -3.72. The molecule has 0 aliphatic heterocycles. The van der Waals surface area contributed by atoms with E-state index < -0.39 is 10.0 Å². The Morgan fingerprint density at radius 3 is 2.27 bits per heavy atom. The number of nitrogens with zero attached hydrogens (tertiary/aromatic N) is 1. The number of sulfonamides is 1. The third-order valence-corrected chi connectivity index (χ3v) is 5.75. The number of ether oxygens (including phenoxy) is 1. The SMILES string of the molecule is COc1ccc(CN(Cc2ccco2)S(=O)(=O)c2ccc(N)cc2)cc1. The number of nitrogens with two attached hydrogens (primary N) is 1. The number of anilines is 1. The summed E-state index contributed by atoms with van der Waals surface area (Å²) in [4.78, 5) is 0.187. The Bertz CT molecular complexity index is 934. The molecular formula is C19H20N2O4S. The zero-order valence-electron chi connectivity index (χ0n) is 14.3. The largest absolute Gasteiger partial charge is 0.497 e. The van der Waals surface area contributed by atoms with Gasteiger partial charge in [-0.1, -0.05) is 12.1 Å². The van der Waals surface area contributed by atoms with Crippen LogP contribution in [0.15, 0.2) is 76.2 Å².